The Hall–Kier alpha value is -2.93. The molecule has 0 aliphatic rings. The number of hydrogen-bond donors (Lipinski definition) is 2. The lowest BCUT2D eigenvalue weighted by molar-refractivity contribution is 0.101. The molecular formula is C20H16BrFN2O3. The molecule has 0 fully saturated rings. The van der Waals surface area contributed by atoms with Gasteiger partial charge in [-0.1, -0.05) is 15.9 Å². The quantitative estimate of drug-likeness (QED) is 0.589. The third kappa shape index (κ3) is 4.25. The van der Waals surface area contributed by atoms with Gasteiger partial charge in [-0.05, 0) is 61.9 Å². The molecule has 0 aliphatic carbocycles. The van der Waals surface area contributed by atoms with Crippen molar-refractivity contribution in [2.24, 2.45) is 0 Å². The minimum atomic E-state index is -0.609. The summed E-state index contributed by atoms with van der Waals surface area (Å²) in [7, 11) is 0. The van der Waals surface area contributed by atoms with Crippen LogP contribution in [0.2, 0.25) is 0 Å². The number of furan rings is 1. The van der Waals surface area contributed by atoms with Crippen molar-refractivity contribution in [3.05, 3.63) is 81.5 Å². The van der Waals surface area contributed by atoms with Crippen molar-refractivity contribution in [2.75, 3.05) is 10.6 Å². The number of amides is 2. The summed E-state index contributed by atoms with van der Waals surface area (Å²) >= 11 is 3.35. The molecule has 2 aromatic carbocycles. The van der Waals surface area contributed by atoms with Crippen LogP contribution in [0.4, 0.5) is 15.8 Å². The second-order valence-electron chi connectivity index (χ2n) is 5.95. The van der Waals surface area contributed by atoms with Gasteiger partial charge in [0, 0.05) is 15.7 Å². The van der Waals surface area contributed by atoms with Gasteiger partial charge in [-0.3, -0.25) is 9.59 Å². The summed E-state index contributed by atoms with van der Waals surface area (Å²) < 4.78 is 20.0. The van der Waals surface area contributed by atoms with Crippen molar-refractivity contribution >= 4 is 39.1 Å². The van der Waals surface area contributed by atoms with E-state index in [0.717, 1.165) is 10.0 Å². The molecule has 0 bridgehead atoms. The van der Waals surface area contributed by atoms with E-state index >= 15 is 0 Å². The third-order valence-corrected chi connectivity index (χ3v) is 4.50. The Bertz CT molecular complexity index is 1030. The van der Waals surface area contributed by atoms with Crippen LogP contribution in [0.1, 0.15) is 32.0 Å². The van der Waals surface area contributed by atoms with E-state index in [4.69, 9.17) is 4.42 Å². The van der Waals surface area contributed by atoms with Crippen molar-refractivity contribution in [3.63, 3.8) is 0 Å². The van der Waals surface area contributed by atoms with Gasteiger partial charge in [-0.15, -0.1) is 0 Å². The summed E-state index contributed by atoms with van der Waals surface area (Å²) in [5.74, 6) is -0.993. The first-order chi connectivity index (χ1) is 12.8. The van der Waals surface area contributed by atoms with Crippen LogP contribution in [0.15, 0.2) is 57.6 Å². The summed E-state index contributed by atoms with van der Waals surface area (Å²) in [6, 6.07) is 10.8. The lowest BCUT2D eigenvalue weighted by atomic mass is 10.1. The van der Waals surface area contributed by atoms with E-state index in [1.807, 2.05) is 13.0 Å². The van der Waals surface area contributed by atoms with Crippen LogP contribution in [-0.4, -0.2) is 11.8 Å². The largest absolute Gasteiger partial charge is 0.469 e. The third-order valence-electron chi connectivity index (χ3n) is 4.01. The summed E-state index contributed by atoms with van der Waals surface area (Å²) in [4.78, 5) is 24.7. The van der Waals surface area contributed by atoms with Crippen molar-refractivity contribution in [3.8, 4) is 0 Å². The number of carbonyl (C=O) groups excluding carboxylic acids is 2. The van der Waals surface area contributed by atoms with Crippen molar-refractivity contribution in [1.29, 1.82) is 0 Å². The minimum Gasteiger partial charge on any atom is -0.469 e. The number of hydrogen-bond acceptors (Lipinski definition) is 3. The van der Waals surface area contributed by atoms with Gasteiger partial charge in [0.05, 0.1) is 17.5 Å². The molecule has 0 saturated carbocycles. The van der Waals surface area contributed by atoms with E-state index < -0.39 is 11.7 Å². The van der Waals surface area contributed by atoms with Crippen LogP contribution < -0.4 is 10.6 Å². The molecule has 0 saturated heterocycles. The van der Waals surface area contributed by atoms with Crippen LogP contribution in [0.3, 0.4) is 0 Å². The first kappa shape index (κ1) is 18.8. The fourth-order valence-electron chi connectivity index (χ4n) is 2.59. The van der Waals surface area contributed by atoms with E-state index in [2.05, 4.69) is 26.6 Å². The zero-order valence-corrected chi connectivity index (χ0v) is 16.2. The van der Waals surface area contributed by atoms with Gasteiger partial charge in [-0.2, -0.15) is 0 Å². The SMILES string of the molecule is Cc1cc(Br)ccc1C(=O)Nc1ccc(F)c(NC(=O)c2ccoc2C)c1. The van der Waals surface area contributed by atoms with E-state index in [9.17, 15) is 14.0 Å². The Morgan fingerprint density at radius 1 is 0.963 bits per heavy atom. The molecule has 1 heterocycles. The van der Waals surface area contributed by atoms with E-state index in [0.29, 0.717) is 22.6 Å². The Morgan fingerprint density at radius 2 is 1.70 bits per heavy atom. The fraction of sp³-hybridized carbons (Fsp3) is 0.100. The molecule has 3 rings (SSSR count). The molecule has 3 aromatic rings. The number of anilines is 2. The van der Waals surface area contributed by atoms with Gasteiger partial charge in [0.2, 0.25) is 0 Å². The second-order valence-corrected chi connectivity index (χ2v) is 6.87. The zero-order valence-electron chi connectivity index (χ0n) is 14.6. The number of rotatable bonds is 4. The molecule has 0 radical (unpaired) electrons. The van der Waals surface area contributed by atoms with Gasteiger partial charge in [0.15, 0.2) is 0 Å². The van der Waals surface area contributed by atoms with E-state index in [-0.39, 0.29) is 11.6 Å². The van der Waals surface area contributed by atoms with Gasteiger partial charge < -0.3 is 15.1 Å². The zero-order chi connectivity index (χ0) is 19.6. The van der Waals surface area contributed by atoms with Crippen LogP contribution >= 0.6 is 15.9 Å². The normalized spacial score (nSPS) is 10.5. The van der Waals surface area contributed by atoms with Crippen LogP contribution in [0, 0.1) is 19.7 Å². The van der Waals surface area contributed by atoms with E-state index in [1.165, 1.54) is 30.5 Å². The highest BCUT2D eigenvalue weighted by molar-refractivity contribution is 9.10. The Labute approximate surface area is 163 Å². The summed E-state index contributed by atoms with van der Waals surface area (Å²) in [5.41, 5.74) is 1.94. The fourth-order valence-corrected chi connectivity index (χ4v) is 3.06. The lowest BCUT2D eigenvalue weighted by Crippen LogP contribution is -2.15. The predicted molar refractivity (Wildman–Crippen MR) is 105 cm³/mol. The van der Waals surface area contributed by atoms with Gasteiger partial charge in [0.25, 0.3) is 11.8 Å². The van der Waals surface area contributed by atoms with Gasteiger partial charge in [0.1, 0.15) is 11.6 Å². The molecule has 138 valence electrons. The van der Waals surface area contributed by atoms with Crippen LogP contribution in [0.25, 0.3) is 0 Å². The maximum Gasteiger partial charge on any atom is 0.259 e. The number of benzene rings is 2. The maximum absolute atomic E-state index is 14.1. The van der Waals surface area contributed by atoms with Gasteiger partial charge in [-0.25, -0.2) is 4.39 Å². The summed E-state index contributed by atoms with van der Waals surface area (Å²) in [6.45, 7) is 3.46. The molecule has 2 amide bonds. The van der Waals surface area contributed by atoms with Gasteiger partial charge >= 0.3 is 0 Å². The highest BCUT2D eigenvalue weighted by atomic mass is 79.9. The molecule has 0 unspecified atom stereocenters. The molecule has 27 heavy (non-hydrogen) atoms. The van der Waals surface area contributed by atoms with Crippen molar-refractivity contribution in [2.45, 2.75) is 13.8 Å². The Morgan fingerprint density at radius 3 is 2.37 bits per heavy atom. The number of halogens is 2. The Kier molecular flexibility index (Phi) is 5.41. The monoisotopic (exact) mass is 430 g/mol. The molecule has 7 heteroatoms. The molecule has 1 aromatic heterocycles. The van der Waals surface area contributed by atoms with Crippen molar-refractivity contribution in [1.82, 2.24) is 0 Å². The maximum atomic E-state index is 14.1. The smallest absolute Gasteiger partial charge is 0.259 e. The summed E-state index contributed by atoms with van der Waals surface area (Å²) in [6.07, 6.45) is 1.39. The minimum absolute atomic E-state index is 0.0362. The first-order valence-electron chi connectivity index (χ1n) is 8.07. The molecule has 2 N–H and O–H groups in total. The average molecular weight is 431 g/mol. The average Bonchev–Trinajstić information content (AvgIpc) is 3.04. The lowest BCUT2D eigenvalue weighted by Gasteiger charge is -2.11. The number of aryl methyl sites for hydroxylation is 2. The highest BCUT2D eigenvalue weighted by Gasteiger charge is 2.15. The van der Waals surface area contributed by atoms with Crippen LogP contribution in [-0.2, 0) is 0 Å². The Balaban J connectivity index is 1.79. The van der Waals surface area contributed by atoms with Crippen LogP contribution in [0.5, 0.6) is 0 Å². The molecule has 5 nitrogen and oxygen atoms in total. The van der Waals surface area contributed by atoms with E-state index in [1.54, 1.807) is 19.1 Å². The number of nitrogens with one attached hydrogen (secondary N) is 2. The number of carbonyl (C=O) groups is 2. The predicted octanol–water partition coefficient (Wildman–Crippen LogP) is 5.30. The highest BCUT2D eigenvalue weighted by Crippen LogP contribution is 2.23. The standard InChI is InChI=1S/C20H16BrFN2O3/c1-11-9-13(21)3-5-15(11)19(25)23-14-4-6-17(22)18(10-14)24-20(26)16-7-8-27-12(16)2/h3-10H,1-2H3,(H,23,25)(H,24,26). The second kappa shape index (κ2) is 7.75. The van der Waals surface area contributed by atoms with Crippen molar-refractivity contribution < 1.29 is 18.4 Å². The topological polar surface area (TPSA) is 71.3 Å². The molecular weight excluding hydrogens is 415 g/mol. The molecule has 0 aliphatic heterocycles. The molecule has 0 atom stereocenters. The summed E-state index contributed by atoms with van der Waals surface area (Å²) in [5, 5.41) is 5.21. The first-order valence-corrected chi connectivity index (χ1v) is 8.87. The molecule has 0 spiro atoms.